The molecule has 4 aliphatic carbocycles. The zero-order chi connectivity index (χ0) is 22.1. The van der Waals surface area contributed by atoms with Crippen LogP contribution in [-0.4, -0.2) is 0 Å². The molecule has 0 aromatic heterocycles. The van der Waals surface area contributed by atoms with Crippen molar-refractivity contribution in [3.8, 4) is 0 Å². The Morgan fingerprint density at radius 1 is 0.455 bits per heavy atom. The molecule has 0 fully saturated rings. The smallest absolute Gasteiger partial charge is 0.0179 e. The van der Waals surface area contributed by atoms with E-state index in [1.807, 2.05) is 0 Å². The molecule has 8 rings (SSSR count). The van der Waals surface area contributed by atoms with Crippen LogP contribution in [0.5, 0.6) is 0 Å². The van der Waals surface area contributed by atoms with Gasteiger partial charge in [0.2, 0.25) is 0 Å². The van der Waals surface area contributed by atoms with Crippen LogP contribution in [0.2, 0.25) is 0 Å². The lowest BCUT2D eigenvalue weighted by Crippen LogP contribution is -2.30. The normalized spacial score (nSPS) is 29.2. The SMILES string of the molecule is CC(C)(C)c1ccc2c(c1)C1c3ccccc3C3c4ccccc4C4c5ccccc5C2C431. The molecule has 0 aliphatic heterocycles. The van der Waals surface area contributed by atoms with Crippen molar-refractivity contribution in [3.63, 3.8) is 0 Å². The molecule has 0 heterocycles. The maximum absolute atomic E-state index is 2.58. The highest BCUT2D eigenvalue weighted by atomic mass is 14.7. The van der Waals surface area contributed by atoms with Crippen molar-refractivity contribution in [2.45, 2.75) is 49.9 Å². The zero-order valence-electron chi connectivity index (χ0n) is 19.5. The second-order valence-corrected chi connectivity index (χ2v) is 11.7. The lowest BCUT2D eigenvalue weighted by molar-refractivity contribution is 0.241. The van der Waals surface area contributed by atoms with Gasteiger partial charge in [-0.1, -0.05) is 112 Å². The minimum Gasteiger partial charge on any atom is -0.0620 e. The molecule has 0 N–H and O–H groups in total. The van der Waals surface area contributed by atoms with E-state index in [0.717, 1.165) is 0 Å². The van der Waals surface area contributed by atoms with E-state index in [2.05, 4.69) is 112 Å². The summed E-state index contributed by atoms with van der Waals surface area (Å²) >= 11 is 0. The third-order valence-electron chi connectivity index (χ3n) is 9.43. The standard InChI is InChI=1S/C33H28/c1-32(2,3)19-16-17-26-27(18-19)31-25-15-9-8-14-24(25)29-21-11-5-4-10-20(21)28-22-12-6-7-13-23(22)30(26)33(28,29)31/h4-18,28-31H,1-3H3. The fraction of sp³-hybridized carbons (Fsp3) is 0.273. The number of benzene rings is 4. The van der Waals surface area contributed by atoms with Crippen LogP contribution in [0, 0.1) is 5.41 Å². The first kappa shape index (κ1) is 18.3. The van der Waals surface area contributed by atoms with Crippen LogP contribution in [-0.2, 0) is 5.41 Å². The fourth-order valence-corrected chi connectivity index (χ4v) is 8.49. The van der Waals surface area contributed by atoms with Crippen molar-refractivity contribution in [1.29, 1.82) is 0 Å². The first-order valence-corrected chi connectivity index (χ1v) is 12.4. The molecular formula is C33H28. The average molecular weight is 425 g/mol. The molecule has 160 valence electrons. The lowest BCUT2D eigenvalue weighted by atomic mass is 9.64. The summed E-state index contributed by atoms with van der Waals surface area (Å²) in [4.78, 5) is 0. The molecule has 0 nitrogen and oxygen atoms in total. The number of rotatable bonds is 0. The summed E-state index contributed by atoms with van der Waals surface area (Å²) < 4.78 is 0. The van der Waals surface area contributed by atoms with Crippen molar-refractivity contribution in [3.05, 3.63) is 141 Å². The topological polar surface area (TPSA) is 0 Å². The maximum atomic E-state index is 2.58. The van der Waals surface area contributed by atoms with Gasteiger partial charge in [-0.25, -0.2) is 0 Å². The van der Waals surface area contributed by atoms with Crippen LogP contribution in [0.4, 0.5) is 0 Å². The highest BCUT2D eigenvalue weighted by molar-refractivity contribution is 5.74. The fourth-order valence-electron chi connectivity index (χ4n) is 8.49. The van der Waals surface area contributed by atoms with E-state index < -0.39 is 0 Å². The van der Waals surface area contributed by atoms with E-state index in [9.17, 15) is 0 Å². The second kappa shape index (κ2) is 5.68. The van der Waals surface area contributed by atoms with E-state index in [0.29, 0.717) is 23.7 Å². The molecule has 0 radical (unpaired) electrons. The average Bonchev–Trinajstić information content (AvgIpc) is 3.45. The van der Waals surface area contributed by atoms with E-state index in [1.54, 1.807) is 44.5 Å². The predicted molar refractivity (Wildman–Crippen MR) is 134 cm³/mol. The van der Waals surface area contributed by atoms with Crippen LogP contribution in [0.3, 0.4) is 0 Å². The van der Waals surface area contributed by atoms with Gasteiger partial charge in [0.1, 0.15) is 0 Å². The van der Waals surface area contributed by atoms with Gasteiger partial charge in [0.05, 0.1) is 0 Å². The molecule has 0 amide bonds. The predicted octanol–water partition coefficient (Wildman–Crippen LogP) is 7.85. The second-order valence-electron chi connectivity index (χ2n) is 11.7. The van der Waals surface area contributed by atoms with Crippen LogP contribution in [0.25, 0.3) is 0 Å². The Labute approximate surface area is 196 Å². The van der Waals surface area contributed by atoms with Gasteiger partial charge in [-0.05, 0) is 55.5 Å². The first-order valence-electron chi connectivity index (χ1n) is 12.4. The molecular weight excluding hydrogens is 396 g/mol. The monoisotopic (exact) mass is 424 g/mol. The van der Waals surface area contributed by atoms with Crippen molar-refractivity contribution >= 4 is 0 Å². The van der Waals surface area contributed by atoms with E-state index in [4.69, 9.17) is 0 Å². The molecule has 5 unspecified atom stereocenters. The molecule has 5 atom stereocenters. The highest BCUT2D eigenvalue weighted by Crippen LogP contribution is 2.83. The number of fused-ring (bicyclic) bond motifs is 12. The van der Waals surface area contributed by atoms with Gasteiger partial charge in [-0.15, -0.1) is 0 Å². The van der Waals surface area contributed by atoms with E-state index >= 15 is 0 Å². The minimum atomic E-state index is 0.149. The van der Waals surface area contributed by atoms with Gasteiger partial charge in [-0.3, -0.25) is 0 Å². The lowest BCUT2D eigenvalue weighted by Gasteiger charge is -2.37. The molecule has 4 aromatic carbocycles. The number of hydrogen-bond acceptors (Lipinski definition) is 0. The molecule has 33 heavy (non-hydrogen) atoms. The Balaban J connectivity index is 1.54. The molecule has 1 spiro atoms. The van der Waals surface area contributed by atoms with Gasteiger partial charge in [0.25, 0.3) is 0 Å². The van der Waals surface area contributed by atoms with E-state index in [-0.39, 0.29) is 10.8 Å². The van der Waals surface area contributed by atoms with Gasteiger partial charge in [-0.2, -0.15) is 0 Å². The Bertz CT molecular complexity index is 1450. The third kappa shape index (κ3) is 1.90. The molecule has 4 aromatic rings. The van der Waals surface area contributed by atoms with Gasteiger partial charge >= 0.3 is 0 Å². The summed E-state index contributed by atoms with van der Waals surface area (Å²) in [5, 5.41) is 0. The molecule has 4 aliphatic rings. The zero-order valence-corrected chi connectivity index (χ0v) is 19.5. The van der Waals surface area contributed by atoms with Crippen molar-refractivity contribution in [1.82, 2.24) is 0 Å². The molecule has 0 bridgehead atoms. The van der Waals surface area contributed by atoms with Crippen molar-refractivity contribution in [2.24, 2.45) is 5.41 Å². The summed E-state index contributed by atoms with van der Waals surface area (Å²) in [7, 11) is 0. The number of hydrogen-bond donors (Lipinski definition) is 0. The summed E-state index contributed by atoms with van der Waals surface area (Å²) in [6.07, 6.45) is 0. The highest BCUT2D eigenvalue weighted by Gasteiger charge is 2.72. The third-order valence-corrected chi connectivity index (χ3v) is 9.43. The molecule has 0 saturated heterocycles. The summed E-state index contributed by atoms with van der Waals surface area (Å²) in [5.41, 5.74) is 14.4. The van der Waals surface area contributed by atoms with Crippen molar-refractivity contribution in [2.75, 3.05) is 0 Å². The van der Waals surface area contributed by atoms with Crippen LogP contribution < -0.4 is 0 Å². The first-order chi connectivity index (χ1) is 16.0. The quantitative estimate of drug-likeness (QED) is 0.270. The minimum absolute atomic E-state index is 0.149. The Kier molecular flexibility index (Phi) is 3.15. The van der Waals surface area contributed by atoms with Crippen molar-refractivity contribution < 1.29 is 0 Å². The summed E-state index contributed by atoms with van der Waals surface area (Å²) in [6.45, 7) is 7.03. The van der Waals surface area contributed by atoms with Crippen LogP contribution in [0.1, 0.15) is 94.5 Å². The summed E-state index contributed by atoms with van der Waals surface area (Å²) in [6, 6.07) is 35.6. The van der Waals surface area contributed by atoms with Gasteiger partial charge in [0, 0.05) is 29.1 Å². The largest absolute Gasteiger partial charge is 0.0620 e. The van der Waals surface area contributed by atoms with E-state index in [1.165, 1.54) is 5.56 Å². The van der Waals surface area contributed by atoms with Crippen LogP contribution in [0.15, 0.2) is 91.0 Å². The summed E-state index contributed by atoms with van der Waals surface area (Å²) in [5.74, 6) is 1.83. The van der Waals surface area contributed by atoms with Gasteiger partial charge < -0.3 is 0 Å². The Hall–Kier alpha value is -3.12. The maximum Gasteiger partial charge on any atom is 0.0179 e. The molecule has 0 heteroatoms. The van der Waals surface area contributed by atoms with Gasteiger partial charge in [0.15, 0.2) is 0 Å². The van der Waals surface area contributed by atoms with Crippen LogP contribution >= 0.6 is 0 Å². The Morgan fingerprint density at radius 2 is 0.788 bits per heavy atom. The Morgan fingerprint density at radius 3 is 1.15 bits per heavy atom. The molecule has 0 saturated carbocycles.